The molecule has 10 nitrogen and oxygen atoms in total. The van der Waals surface area contributed by atoms with Crippen molar-refractivity contribution in [3.05, 3.63) is 85.1 Å². The van der Waals surface area contributed by atoms with E-state index in [1.807, 2.05) is 23.3 Å². The minimum Gasteiger partial charge on any atom is -0.506 e. The number of carbonyl (C=O) groups is 1. The number of piperidine rings is 2. The fourth-order valence-electron chi connectivity index (χ4n) is 7.34. The lowest BCUT2D eigenvalue weighted by molar-refractivity contribution is 0.0188. The molecule has 11 heteroatoms. The van der Waals surface area contributed by atoms with Crippen LogP contribution in [0.25, 0.3) is 10.9 Å². The van der Waals surface area contributed by atoms with Gasteiger partial charge in [-0.05, 0) is 105 Å². The molecule has 2 saturated heterocycles. The molecule has 256 valence electrons. The number of aromatic hydroxyl groups is 1. The van der Waals surface area contributed by atoms with Crippen LogP contribution in [-0.4, -0.2) is 83.8 Å². The van der Waals surface area contributed by atoms with E-state index in [2.05, 4.69) is 46.2 Å². The summed E-state index contributed by atoms with van der Waals surface area (Å²) in [5.41, 5.74) is 5.33. The topological polar surface area (TPSA) is 120 Å². The summed E-state index contributed by atoms with van der Waals surface area (Å²) in [5, 5.41) is 17.4. The number of carbonyl (C=O) groups excluding carboxylic acids is 1. The van der Waals surface area contributed by atoms with Crippen LogP contribution >= 0.6 is 11.3 Å². The van der Waals surface area contributed by atoms with Crippen LogP contribution in [0.5, 0.6) is 11.5 Å². The van der Waals surface area contributed by atoms with E-state index in [4.69, 9.17) is 9.47 Å². The minimum atomic E-state index is -0.264. The number of methoxy groups -OCH3 is 1. The van der Waals surface area contributed by atoms with Crippen molar-refractivity contribution in [3.8, 4) is 11.5 Å². The summed E-state index contributed by atoms with van der Waals surface area (Å²) < 4.78 is 12.1. The van der Waals surface area contributed by atoms with Crippen molar-refractivity contribution in [2.75, 3.05) is 53.0 Å². The van der Waals surface area contributed by atoms with Crippen molar-refractivity contribution >= 4 is 28.1 Å². The highest BCUT2D eigenvalue weighted by molar-refractivity contribution is 7.09. The standard InChI is InChI=1S/C37H47N5O5S/c1-24-19-32(25(2)18-27(24)20-38-21-33(46-4)28-6-8-31(43)35-29(28)7-9-34(44)40-35)47-17-16-41-14-11-37(12-15-41)10-5-13-42(23-37)36(45)30-22-48-26(3)39-30/h6-9,18-19,22,33,38,43H,5,10-17,20-21,23H2,1-4H3,(H,40,44)/t33-/m0/s1. The molecule has 4 aromatic rings. The first-order valence-corrected chi connectivity index (χ1v) is 17.8. The monoisotopic (exact) mass is 673 g/mol. The first-order chi connectivity index (χ1) is 23.1. The fraction of sp³-hybridized carbons (Fsp3) is 0.486. The maximum Gasteiger partial charge on any atom is 0.273 e. The zero-order valence-corrected chi connectivity index (χ0v) is 29.3. The van der Waals surface area contributed by atoms with Gasteiger partial charge in [-0.3, -0.25) is 14.5 Å². The summed E-state index contributed by atoms with van der Waals surface area (Å²) in [7, 11) is 1.66. The zero-order chi connectivity index (χ0) is 33.8. The summed E-state index contributed by atoms with van der Waals surface area (Å²) in [5.74, 6) is 1.04. The summed E-state index contributed by atoms with van der Waals surface area (Å²) in [6.07, 6.45) is 4.21. The maximum absolute atomic E-state index is 13.1. The molecule has 0 radical (unpaired) electrons. The van der Waals surface area contributed by atoms with Crippen LogP contribution in [0, 0.1) is 26.2 Å². The molecule has 0 aliphatic carbocycles. The van der Waals surface area contributed by atoms with Crippen LogP contribution in [0.1, 0.15) is 69.5 Å². The van der Waals surface area contributed by atoms with Crippen molar-refractivity contribution in [1.82, 2.24) is 25.1 Å². The number of nitrogens with one attached hydrogen (secondary N) is 2. The summed E-state index contributed by atoms with van der Waals surface area (Å²) in [6.45, 7) is 12.6. The van der Waals surface area contributed by atoms with Crippen molar-refractivity contribution in [1.29, 1.82) is 0 Å². The maximum atomic E-state index is 13.1. The van der Waals surface area contributed by atoms with Gasteiger partial charge in [-0.1, -0.05) is 12.1 Å². The van der Waals surface area contributed by atoms with Crippen LogP contribution < -0.4 is 15.6 Å². The molecule has 4 heterocycles. The second-order valence-electron chi connectivity index (χ2n) is 13.5. The van der Waals surface area contributed by atoms with Gasteiger partial charge in [0, 0.05) is 56.7 Å². The third-order valence-corrected chi connectivity index (χ3v) is 11.0. The molecule has 3 N–H and O–H groups in total. The van der Waals surface area contributed by atoms with Gasteiger partial charge in [0.05, 0.1) is 16.6 Å². The van der Waals surface area contributed by atoms with E-state index in [-0.39, 0.29) is 28.7 Å². The highest BCUT2D eigenvalue weighted by atomic mass is 32.1. The van der Waals surface area contributed by atoms with Crippen LogP contribution in [0.4, 0.5) is 0 Å². The molecular weight excluding hydrogens is 627 g/mol. The van der Waals surface area contributed by atoms with Gasteiger partial charge in [0.1, 0.15) is 23.8 Å². The van der Waals surface area contributed by atoms with E-state index < -0.39 is 0 Å². The number of aryl methyl sites for hydroxylation is 3. The van der Waals surface area contributed by atoms with Crippen LogP contribution in [0.2, 0.25) is 0 Å². The molecule has 0 unspecified atom stereocenters. The Morgan fingerprint density at radius 2 is 1.92 bits per heavy atom. The number of aromatic nitrogens is 2. The molecule has 6 rings (SSSR count). The zero-order valence-electron chi connectivity index (χ0n) is 28.4. The first kappa shape index (κ1) is 34.1. The molecule has 2 aromatic carbocycles. The van der Waals surface area contributed by atoms with Crippen molar-refractivity contribution in [2.45, 2.75) is 59.1 Å². The van der Waals surface area contributed by atoms with Crippen LogP contribution in [0.3, 0.4) is 0 Å². The number of fused-ring (bicyclic) bond motifs is 1. The molecule has 0 saturated carbocycles. The van der Waals surface area contributed by atoms with Gasteiger partial charge in [0.15, 0.2) is 0 Å². The Labute approximate surface area is 286 Å². The van der Waals surface area contributed by atoms with Gasteiger partial charge in [-0.25, -0.2) is 4.98 Å². The molecule has 1 amide bonds. The number of hydrogen-bond acceptors (Lipinski definition) is 9. The first-order valence-electron chi connectivity index (χ1n) is 16.9. The lowest BCUT2D eigenvalue weighted by Gasteiger charge is -2.47. The number of nitrogens with zero attached hydrogens (tertiary/aromatic N) is 3. The van der Waals surface area contributed by atoms with E-state index in [1.54, 1.807) is 19.2 Å². The average Bonchev–Trinajstić information content (AvgIpc) is 3.52. The molecular formula is C37H47N5O5S. The Kier molecular flexibility index (Phi) is 10.5. The SMILES string of the molecule is CO[C@@H](CNCc1cc(C)c(OCCN2CCC3(CCCN(C(=O)c4csc(C)n4)C3)CC2)cc1C)c1ccc(O)c2[nH]c(=O)ccc12. The van der Waals surface area contributed by atoms with Crippen LogP contribution in [-0.2, 0) is 11.3 Å². The highest BCUT2D eigenvalue weighted by Gasteiger charge is 2.40. The number of thiazole rings is 1. The van der Waals surface area contributed by atoms with E-state index >= 15 is 0 Å². The third kappa shape index (κ3) is 7.59. The van der Waals surface area contributed by atoms with Gasteiger partial charge in [-0.2, -0.15) is 0 Å². The Morgan fingerprint density at radius 3 is 2.67 bits per heavy atom. The predicted octanol–water partition coefficient (Wildman–Crippen LogP) is 5.49. The molecule has 2 aliphatic rings. The van der Waals surface area contributed by atoms with E-state index in [1.165, 1.54) is 29.4 Å². The number of H-pyrrole nitrogens is 1. The molecule has 48 heavy (non-hydrogen) atoms. The average molecular weight is 674 g/mol. The predicted molar refractivity (Wildman–Crippen MR) is 189 cm³/mol. The van der Waals surface area contributed by atoms with E-state index in [0.29, 0.717) is 30.9 Å². The summed E-state index contributed by atoms with van der Waals surface area (Å²) in [6, 6.07) is 10.9. The van der Waals surface area contributed by atoms with E-state index in [0.717, 1.165) is 84.8 Å². The number of phenolic OH excluding ortho intramolecular Hbond substituents is 1. The van der Waals surface area contributed by atoms with Gasteiger partial charge >= 0.3 is 0 Å². The number of ether oxygens (including phenoxy) is 2. The second-order valence-corrected chi connectivity index (χ2v) is 14.5. The largest absolute Gasteiger partial charge is 0.506 e. The molecule has 1 spiro atoms. The Hall–Kier alpha value is -3.77. The quantitative estimate of drug-likeness (QED) is 0.191. The highest BCUT2D eigenvalue weighted by Crippen LogP contribution is 2.40. The molecule has 2 aliphatic heterocycles. The fourth-order valence-corrected chi connectivity index (χ4v) is 7.93. The number of pyridine rings is 1. The molecule has 0 bridgehead atoms. The Bertz CT molecular complexity index is 1810. The van der Waals surface area contributed by atoms with Crippen molar-refractivity contribution in [2.24, 2.45) is 5.41 Å². The van der Waals surface area contributed by atoms with Crippen molar-refractivity contribution in [3.63, 3.8) is 0 Å². The smallest absolute Gasteiger partial charge is 0.273 e. The second kappa shape index (κ2) is 14.8. The summed E-state index contributed by atoms with van der Waals surface area (Å²) >= 11 is 1.54. The summed E-state index contributed by atoms with van der Waals surface area (Å²) in [4.78, 5) is 36.6. The molecule has 2 fully saturated rings. The number of aromatic amines is 1. The van der Waals surface area contributed by atoms with Gasteiger partial charge in [0.2, 0.25) is 5.56 Å². The Morgan fingerprint density at radius 1 is 1.10 bits per heavy atom. The van der Waals surface area contributed by atoms with Crippen LogP contribution in [0.15, 0.2) is 46.6 Å². The minimum absolute atomic E-state index is 0.0374. The number of rotatable bonds is 11. The number of phenols is 1. The Balaban J connectivity index is 0.973. The van der Waals surface area contributed by atoms with Gasteiger partial charge in [0.25, 0.3) is 5.91 Å². The number of amides is 1. The lowest BCUT2D eigenvalue weighted by atomic mass is 9.72. The number of hydrogen-bond donors (Lipinski definition) is 3. The number of likely N-dealkylation sites (tertiary alicyclic amines) is 2. The third-order valence-electron chi connectivity index (χ3n) is 10.2. The van der Waals surface area contributed by atoms with Gasteiger partial charge in [-0.15, -0.1) is 11.3 Å². The lowest BCUT2D eigenvalue weighted by Crippen LogP contribution is -2.51. The van der Waals surface area contributed by atoms with Crippen molar-refractivity contribution < 1.29 is 19.4 Å². The van der Waals surface area contributed by atoms with E-state index in [9.17, 15) is 14.7 Å². The van der Waals surface area contributed by atoms with Gasteiger partial charge < -0.3 is 29.8 Å². The normalized spacial score (nSPS) is 17.2. The molecule has 1 atom stereocenters. The molecule has 2 aromatic heterocycles. The number of benzene rings is 2.